The van der Waals surface area contributed by atoms with Crippen molar-refractivity contribution in [2.45, 2.75) is 18.2 Å². The molecule has 7 nitrogen and oxygen atoms in total. The Hall–Kier alpha value is -2.16. The van der Waals surface area contributed by atoms with Crippen LogP contribution >= 0.6 is 11.6 Å². The van der Waals surface area contributed by atoms with Crippen LogP contribution in [0.1, 0.15) is 12.0 Å². The molecule has 0 spiro atoms. The van der Waals surface area contributed by atoms with Gasteiger partial charge in [0.1, 0.15) is 4.90 Å². The van der Waals surface area contributed by atoms with E-state index in [1.807, 2.05) is 25.1 Å². The smallest absolute Gasteiger partial charge is 0.242 e. The Bertz CT molecular complexity index is 929. The highest BCUT2D eigenvalue weighted by Crippen LogP contribution is 2.25. The first-order valence-corrected chi connectivity index (χ1v) is 10.9. The molecule has 1 saturated heterocycles. The van der Waals surface area contributed by atoms with E-state index in [1.54, 1.807) is 11.0 Å². The third kappa shape index (κ3) is 5.01. The number of carbonyl (C=O) groups is 1. The van der Waals surface area contributed by atoms with Gasteiger partial charge in [-0.25, -0.2) is 13.1 Å². The quantitative estimate of drug-likeness (QED) is 0.770. The number of nitrogens with zero attached hydrogens (tertiary/aromatic N) is 3. The van der Waals surface area contributed by atoms with Gasteiger partial charge in [-0.1, -0.05) is 17.7 Å². The Morgan fingerprint density at radius 1 is 1.21 bits per heavy atom. The summed E-state index contributed by atoms with van der Waals surface area (Å²) >= 11 is 6.10. The van der Waals surface area contributed by atoms with E-state index in [9.17, 15) is 13.2 Å². The van der Waals surface area contributed by atoms with E-state index >= 15 is 0 Å². The third-order valence-corrected chi connectivity index (χ3v) is 6.40. The third-order valence-electron chi connectivity index (χ3n) is 4.72. The molecule has 1 N–H and O–H groups in total. The highest BCUT2D eigenvalue weighted by atomic mass is 35.5. The molecular weight excluding hydrogens is 400 g/mol. The maximum Gasteiger partial charge on any atom is 0.242 e. The highest BCUT2D eigenvalue weighted by Gasteiger charge is 2.22. The maximum absolute atomic E-state index is 12.4. The molecule has 150 valence electrons. The number of hydrogen-bond donors (Lipinski definition) is 1. The normalized spacial score (nSPS) is 14.9. The second-order valence-corrected chi connectivity index (χ2v) is 8.84. The van der Waals surface area contributed by atoms with Gasteiger partial charge < -0.3 is 9.80 Å². The molecule has 0 unspecified atom stereocenters. The second kappa shape index (κ2) is 8.89. The zero-order valence-electron chi connectivity index (χ0n) is 15.6. The molecule has 0 aliphatic carbocycles. The van der Waals surface area contributed by atoms with Crippen LogP contribution in [0.2, 0.25) is 5.02 Å². The van der Waals surface area contributed by atoms with Gasteiger partial charge in [0.2, 0.25) is 15.9 Å². The molecule has 9 heteroatoms. The molecule has 2 aromatic rings. The first kappa shape index (κ1) is 20.6. The van der Waals surface area contributed by atoms with Crippen LogP contribution in [0.15, 0.2) is 47.6 Å². The predicted octanol–water partition coefficient (Wildman–Crippen LogP) is 2.06. The summed E-state index contributed by atoms with van der Waals surface area (Å²) in [6, 6.07) is 8.83. The molecule has 1 fully saturated rings. The number of pyridine rings is 1. The summed E-state index contributed by atoms with van der Waals surface area (Å²) in [5.41, 5.74) is 2.23. The van der Waals surface area contributed by atoms with Crippen LogP contribution in [0.25, 0.3) is 0 Å². The molecule has 1 amide bonds. The van der Waals surface area contributed by atoms with Crippen molar-refractivity contribution in [3.63, 3.8) is 0 Å². The Labute approximate surface area is 170 Å². The summed E-state index contributed by atoms with van der Waals surface area (Å²) in [5, 5.41) is 0.694. The lowest BCUT2D eigenvalue weighted by Gasteiger charge is -2.37. The summed E-state index contributed by atoms with van der Waals surface area (Å²) < 4.78 is 26.8. The van der Waals surface area contributed by atoms with Crippen LogP contribution < -0.4 is 9.62 Å². The Kier molecular flexibility index (Phi) is 6.53. The standard InChI is InChI=1S/C19H23ClN4O3S/c1-15-4-5-16(20)13-18(15)23-9-11-24(12-10-23)19(25)6-8-22-28(26,27)17-3-2-7-21-14-17/h2-5,7,13-14,22H,6,8-12H2,1H3. The first-order valence-electron chi connectivity index (χ1n) is 9.05. The van der Waals surface area contributed by atoms with Gasteiger partial charge in [0.05, 0.1) is 0 Å². The van der Waals surface area contributed by atoms with Gasteiger partial charge in [0.25, 0.3) is 0 Å². The lowest BCUT2D eigenvalue weighted by atomic mass is 10.1. The van der Waals surface area contributed by atoms with Gasteiger partial charge in [-0.2, -0.15) is 0 Å². The van der Waals surface area contributed by atoms with Crippen molar-refractivity contribution in [3.05, 3.63) is 53.3 Å². The fraction of sp³-hybridized carbons (Fsp3) is 0.368. The van der Waals surface area contributed by atoms with Crippen LogP contribution in [0.4, 0.5) is 5.69 Å². The van der Waals surface area contributed by atoms with Crippen molar-refractivity contribution in [3.8, 4) is 0 Å². The average Bonchev–Trinajstić information content (AvgIpc) is 2.70. The second-order valence-electron chi connectivity index (χ2n) is 6.64. The zero-order valence-corrected chi connectivity index (χ0v) is 17.2. The molecule has 3 rings (SSSR count). The minimum atomic E-state index is -3.64. The molecule has 0 bridgehead atoms. The van der Waals surface area contributed by atoms with E-state index in [0.717, 1.165) is 11.3 Å². The van der Waals surface area contributed by atoms with Gasteiger partial charge in [0.15, 0.2) is 0 Å². The highest BCUT2D eigenvalue weighted by molar-refractivity contribution is 7.89. The SMILES string of the molecule is Cc1ccc(Cl)cc1N1CCN(C(=O)CCNS(=O)(=O)c2cccnc2)CC1. The number of rotatable bonds is 6. The van der Waals surface area contributed by atoms with Crippen LogP contribution in [0.3, 0.4) is 0 Å². The van der Waals surface area contributed by atoms with Crippen molar-refractivity contribution in [2.75, 3.05) is 37.6 Å². The fourth-order valence-corrected chi connectivity index (χ4v) is 4.32. The molecule has 2 heterocycles. The van der Waals surface area contributed by atoms with Gasteiger partial charge in [-0.3, -0.25) is 9.78 Å². The van der Waals surface area contributed by atoms with Crippen LogP contribution in [-0.2, 0) is 14.8 Å². The number of aromatic nitrogens is 1. The van der Waals surface area contributed by atoms with Crippen molar-refractivity contribution in [1.82, 2.24) is 14.6 Å². The number of aryl methyl sites for hydroxylation is 1. The zero-order chi connectivity index (χ0) is 20.1. The molecular formula is C19H23ClN4O3S. The van der Waals surface area contributed by atoms with E-state index in [2.05, 4.69) is 14.6 Å². The number of anilines is 1. The number of hydrogen-bond acceptors (Lipinski definition) is 5. The monoisotopic (exact) mass is 422 g/mol. The van der Waals surface area contributed by atoms with Crippen molar-refractivity contribution >= 4 is 33.2 Å². The number of benzene rings is 1. The topological polar surface area (TPSA) is 82.6 Å². The number of piperazine rings is 1. The molecule has 1 aliphatic rings. The van der Waals surface area contributed by atoms with Gasteiger partial charge in [0, 0.05) is 62.2 Å². The van der Waals surface area contributed by atoms with Crippen LogP contribution in [-0.4, -0.2) is 56.9 Å². The minimum Gasteiger partial charge on any atom is -0.368 e. The number of carbonyl (C=O) groups excluding carboxylic acids is 1. The van der Waals surface area contributed by atoms with Crippen molar-refractivity contribution in [1.29, 1.82) is 0 Å². The van der Waals surface area contributed by atoms with Gasteiger partial charge >= 0.3 is 0 Å². The van der Waals surface area contributed by atoms with Crippen molar-refractivity contribution < 1.29 is 13.2 Å². The van der Waals surface area contributed by atoms with E-state index in [1.165, 1.54) is 18.5 Å². The summed E-state index contributed by atoms with van der Waals surface area (Å²) in [5.74, 6) is -0.0589. The number of amides is 1. The average molecular weight is 423 g/mol. The number of halogens is 1. The number of nitrogens with one attached hydrogen (secondary N) is 1. The molecule has 0 atom stereocenters. The van der Waals surface area contributed by atoms with E-state index in [0.29, 0.717) is 31.2 Å². The Morgan fingerprint density at radius 3 is 2.64 bits per heavy atom. The Morgan fingerprint density at radius 2 is 1.96 bits per heavy atom. The fourth-order valence-electron chi connectivity index (χ4n) is 3.16. The molecule has 1 aromatic heterocycles. The minimum absolute atomic E-state index is 0.0589. The summed E-state index contributed by atoms with van der Waals surface area (Å²) in [6.45, 7) is 4.73. The Balaban J connectivity index is 1.48. The van der Waals surface area contributed by atoms with E-state index < -0.39 is 10.0 Å². The van der Waals surface area contributed by atoms with E-state index in [4.69, 9.17) is 11.6 Å². The van der Waals surface area contributed by atoms with E-state index in [-0.39, 0.29) is 23.8 Å². The molecule has 0 saturated carbocycles. The lowest BCUT2D eigenvalue weighted by molar-refractivity contribution is -0.131. The van der Waals surface area contributed by atoms with Gasteiger partial charge in [-0.05, 0) is 36.8 Å². The lowest BCUT2D eigenvalue weighted by Crippen LogP contribution is -2.49. The van der Waals surface area contributed by atoms with Crippen LogP contribution in [0, 0.1) is 6.92 Å². The summed E-state index contributed by atoms with van der Waals surface area (Å²) in [6.07, 6.45) is 2.91. The summed E-state index contributed by atoms with van der Waals surface area (Å²) in [4.78, 5) is 20.3. The van der Waals surface area contributed by atoms with Crippen LogP contribution in [0.5, 0.6) is 0 Å². The molecule has 0 radical (unpaired) electrons. The maximum atomic E-state index is 12.4. The summed E-state index contributed by atoms with van der Waals surface area (Å²) in [7, 11) is -3.64. The largest absolute Gasteiger partial charge is 0.368 e. The first-order chi connectivity index (χ1) is 13.4. The molecule has 1 aromatic carbocycles. The predicted molar refractivity (Wildman–Crippen MR) is 109 cm³/mol. The van der Waals surface area contributed by atoms with Crippen molar-refractivity contribution in [2.24, 2.45) is 0 Å². The molecule has 28 heavy (non-hydrogen) atoms. The number of sulfonamides is 1. The molecule has 1 aliphatic heterocycles. The van der Waals surface area contributed by atoms with Gasteiger partial charge in [-0.15, -0.1) is 0 Å².